The molecule has 0 aliphatic heterocycles. The molecule has 1 atom stereocenters. The molecule has 20 heavy (non-hydrogen) atoms. The summed E-state index contributed by atoms with van der Waals surface area (Å²) in [6, 6.07) is 16.7. The lowest BCUT2D eigenvalue weighted by Crippen LogP contribution is -2.30. The second-order valence-electron chi connectivity index (χ2n) is 4.46. The molecule has 0 aliphatic carbocycles. The third-order valence-electron chi connectivity index (χ3n) is 2.88. The maximum atomic E-state index is 12.0. The van der Waals surface area contributed by atoms with Crippen LogP contribution in [0, 0.1) is 0 Å². The second kappa shape index (κ2) is 6.73. The van der Waals surface area contributed by atoms with Crippen LogP contribution in [-0.2, 0) is 11.3 Å². The van der Waals surface area contributed by atoms with E-state index in [-0.39, 0.29) is 5.91 Å². The number of hydrogen-bond acceptors (Lipinski definition) is 3. The fourth-order valence-corrected chi connectivity index (χ4v) is 1.72. The Morgan fingerprint density at radius 1 is 1.15 bits per heavy atom. The van der Waals surface area contributed by atoms with Gasteiger partial charge in [-0.3, -0.25) is 4.79 Å². The van der Waals surface area contributed by atoms with Crippen molar-refractivity contribution >= 4 is 11.6 Å². The molecule has 0 spiro atoms. The largest absolute Gasteiger partial charge is 0.481 e. The average molecular weight is 270 g/mol. The number of rotatable bonds is 5. The molecular weight excluding hydrogens is 252 g/mol. The average Bonchev–Trinajstić information content (AvgIpc) is 2.49. The van der Waals surface area contributed by atoms with Crippen molar-refractivity contribution in [3.8, 4) is 5.75 Å². The van der Waals surface area contributed by atoms with Gasteiger partial charge in [0.05, 0.1) is 0 Å². The molecule has 0 heterocycles. The molecule has 2 aromatic rings. The van der Waals surface area contributed by atoms with Crippen molar-refractivity contribution in [1.82, 2.24) is 0 Å². The van der Waals surface area contributed by atoms with Crippen molar-refractivity contribution in [3.05, 3.63) is 60.2 Å². The monoisotopic (exact) mass is 270 g/mol. The Balaban J connectivity index is 1.93. The maximum Gasteiger partial charge on any atom is 0.265 e. The summed E-state index contributed by atoms with van der Waals surface area (Å²) in [5.41, 5.74) is 7.28. The highest BCUT2D eigenvalue weighted by Crippen LogP contribution is 2.13. The van der Waals surface area contributed by atoms with E-state index in [1.54, 1.807) is 6.92 Å². The first-order valence-corrected chi connectivity index (χ1v) is 6.50. The molecule has 0 radical (unpaired) electrons. The first kappa shape index (κ1) is 14.1. The molecule has 2 rings (SSSR count). The normalized spacial score (nSPS) is 11.7. The maximum absolute atomic E-state index is 12.0. The van der Waals surface area contributed by atoms with Crippen molar-refractivity contribution < 1.29 is 9.53 Å². The minimum Gasteiger partial charge on any atom is -0.481 e. The van der Waals surface area contributed by atoms with Gasteiger partial charge in [0.15, 0.2) is 6.10 Å². The van der Waals surface area contributed by atoms with Crippen LogP contribution in [0.4, 0.5) is 5.69 Å². The van der Waals surface area contributed by atoms with Gasteiger partial charge in [-0.05, 0) is 36.8 Å². The van der Waals surface area contributed by atoms with Gasteiger partial charge >= 0.3 is 0 Å². The number of para-hydroxylation sites is 1. The number of anilines is 1. The molecule has 4 nitrogen and oxygen atoms in total. The predicted molar refractivity (Wildman–Crippen MR) is 79.5 cm³/mol. The van der Waals surface area contributed by atoms with Gasteiger partial charge in [-0.25, -0.2) is 0 Å². The number of nitrogens with one attached hydrogen (secondary N) is 1. The Hall–Kier alpha value is -2.33. The van der Waals surface area contributed by atoms with Gasteiger partial charge < -0.3 is 15.8 Å². The molecule has 0 aromatic heterocycles. The van der Waals surface area contributed by atoms with Crippen LogP contribution in [0.5, 0.6) is 5.75 Å². The van der Waals surface area contributed by atoms with Crippen LogP contribution in [0.15, 0.2) is 54.6 Å². The van der Waals surface area contributed by atoms with Crippen molar-refractivity contribution in [2.24, 2.45) is 5.73 Å². The molecule has 0 fully saturated rings. The van der Waals surface area contributed by atoms with Gasteiger partial charge in [0.1, 0.15) is 5.75 Å². The fraction of sp³-hybridized carbons (Fsp3) is 0.188. The molecule has 0 aliphatic rings. The van der Waals surface area contributed by atoms with E-state index >= 15 is 0 Å². The number of nitrogens with two attached hydrogens (primary N) is 1. The standard InChI is InChI=1S/C16H18N2O2/c1-12(20-15-5-3-2-4-6-15)16(19)18-14-9-7-13(11-17)8-10-14/h2-10,12H,11,17H2,1H3,(H,18,19). The summed E-state index contributed by atoms with van der Waals surface area (Å²) in [6.45, 7) is 2.21. The second-order valence-corrected chi connectivity index (χ2v) is 4.46. The van der Waals surface area contributed by atoms with Crippen molar-refractivity contribution in [1.29, 1.82) is 0 Å². The summed E-state index contributed by atoms with van der Waals surface area (Å²) < 4.78 is 5.56. The SMILES string of the molecule is CC(Oc1ccccc1)C(=O)Nc1ccc(CN)cc1. The quantitative estimate of drug-likeness (QED) is 0.877. The number of carbonyl (C=O) groups excluding carboxylic acids is 1. The van der Waals surface area contributed by atoms with E-state index < -0.39 is 6.10 Å². The summed E-state index contributed by atoms with van der Waals surface area (Å²) in [5, 5.41) is 2.81. The highest BCUT2D eigenvalue weighted by Gasteiger charge is 2.14. The Kier molecular flexibility index (Phi) is 4.74. The lowest BCUT2D eigenvalue weighted by atomic mass is 10.2. The van der Waals surface area contributed by atoms with Crippen molar-refractivity contribution in [3.63, 3.8) is 0 Å². The third-order valence-corrected chi connectivity index (χ3v) is 2.88. The van der Waals surface area contributed by atoms with Crippen LogP contribution in [-0.4, -0.2) is 12.0 Å². The summed E-state index contributed by atoms with van der Waals surface area (Å²) >= 11 is 0. The van der Waals surface area contributed by atoms with Gasteiger partial charge in [0.2, 0.25) is 0 Å². The van der Waals surface area contributed by atoms with Crippen LogP contribution < -0.4 is 15.8 Å². The zero-order chi connectivity index (χ0) is 14.4. The van der Waals surface area contributed by atoms with E-state index in [9.17, 15) is 4.79 Å². The van der Waals surface area contributed by atoms with E-state index in [2.05, 4.69) is 5.32 Å². The molecule has 2 aromatic carbocycles. The summed E-state index contributed by atoms with van der Waals surface area (Å²) in [5.74, 6) is 0.489. The van der Waals surface area contributed by atoms with Crippen LogP contribution in [0.25, 0.3) is 0 Å². The van der Waals surface area contributed by atoms with Crippen LogP contribution >= 0.6 is 0 Å². The molecule has 0 saturated heterocycles. The summed E-state index contributed by atoms with van der Waals surface area (Å²) in [7, 11) is 0. The molecular formula is C16H18N2O2. The zero-order valence-electron chi connectivity index (χ0n) is 11.4. The smallest absolute Gasteiger partial charge is 0.265 e. The van der Waals surface area contributed by atoms with Crippen LogP contribution in [0.1, 0.15) is 12.5 Å². The van der Waals surface area contributed by atoms with Gasteiger partial charge in [0.25, 0.3) is 5.91 Å². The zero-order valence-corrected chi connectivity index (χ0v) is 11.4. The predicted octanol–water partition coefficient (Wildman–Crippen LogP) is 2.55. The van der Waals surface area contributed by atoms with E-state index in [1.807, 2.05) is 54.6 Å². The van der Waals surface area contributed by atoms with Gasteiger partial charge in [-0.1, -0.05) is 30.3 Å². The summed E-state index contributed by atoms with van der Waals surface area (Å²) in [4.78, 5) is 12.0. The Labute approximate surface area is 118 Å². The van der Waals surface area contributed by atoms with Crippen molar-refractivity contribution in [2.45, 2.75) is 19.6 Å². The van der Waals surface area contributed by atoms with Gasteiger partial charge in [0, 0.05) is 12.2 Å². The molecule has 1 unspecified atom stereocenters. The topological polar surface area (TPSA) is 64.3 Å². The first-order chi connectivity index (χ1) is 9.69. The molecule has 3 N–H and O–H groups in total. The first-order valence-electron chi connectivity index (χ1n) is 6.50. The lowest BCUT2D eigenvalue weighted by molar-refractivity contribution is -0.122. The number of ether oxygens (including phenoxy) is 1. The highest BCUT2D eigenvalue weighted by atomic mass is 16.5. The van der Waals surface area contributed by atoms with Gasteiger partial charge in [-0.15, -0.1) is 0 Å². The lowest BCUT2D eigenvalue weighted by Gasteiger charge is -2.14. The minimum absolute atomic E-state index is 0.186. The Morgan fingerprint density at radius 2 is 1.80 bits per heavy atom. The van der Waals surface area contributed by atoms with E-state index in [4.69, 9.17) is 10.5 Å². The number of amides is 1. The molecule has 104 valence electrons. The number of carbonyl (C=O) groups is 1. The third kappa shape index (κ3) is 3.83. The number of benzene rings is 2. The minimum atomic E-state index is -0.563. The molecule has 4 heteroatoms. The molecule has 0 saturated carbocycles. The Morgan fingerprint density at radius 3 is 2.40 bits per heavy atom. The number of hydrogen-bond donors (Lipinski definition) is 2. The van der Waals surface area contributed by atoms with E-state index in [1.165, 1.54) is 0 Å². The molecule has 0 bridgehead atoms. The Bertz CT molecular complexity index is 552. The fourth-order valence-electron chi connectivity index (χ4n) is 1.72. The summed E-state index contributed by atoms with van der Waals surface area (Å²) in [6.07, 6.45) is -0.563. The van der Waals surface area contributed by atoms with Crippen LogP contribution in [0.3, 0.4) is 0 Å². The highest BCUT2D eigenvalue weighted by molar-refractivity contribution is 5.94. The molecule has 1 amide bonds. The van der Waals surface area contributed by atoms with E-state index in [0.29, 0.717) is 12.3 Å². The van der Waals surface area contributed by atoms with Gasteiger partial charge in [-0.2, -0.15) is 0 Å². The van der Waals surface area contributed by atoms with Crippen molar-refractivity contribution in [2.75, 3.05) is 5.32 Å². The van der Waals surface area contributed by atoms with Crippen LogP contribution in [0.2, 0.25) is 0 Å². The van der Waals surface area contributed by atoms with E-state index in [0.717, 1.165) is 11.3 Å².